The molecule has 0 radical (unpaired) electrons. The first kappa shape index (κ1) is 29.8. The SMILES string of the molecule is Cc1nnc(-c2c(CC(C)c3ccc(F)cc3)nc3c(c2-c2ccc(C(=O)NCc4ccc(F)c(F)c4)s2)C(=O)N2CCCC32)o1. The van der Waals surface area contributed by atoms with E-state index >= 15 is 0 Å². The number of benzene rings is 2. The van der Waals surface area contributed by atoms with Gasteiger partial charge in [0.25, 0.3) is 11.8 Å². The van der Waals surface area contributed by atoms with Crippen LogP contribution in [0.4, 0.5) is 13.2 Å². The van der Waals surface area contributed by atoms with Crippen LogP contribution < -0.4 is 5.32 Å². The second-order valence-corrected chi connectivity index (χ2v) is 12.7. The Labute approximate surface area is 266 Å². The molecule has 7 rings (SSSR count). The monoisotopic (exact) mass is 643 g/mol. The molecule has 0 saturated carbocycles. The smallest absolute Gasteiger partial charge is 0.261 e. The Morgan fingerprint density at radius 3 is 2.59 bits per heavy atom. The van der Waals surface area contributed by atoms with Crippen molar-refractivity contribution in [2.45, 2.75) is 51.6 Å². The first-order chi connectivity index (χ1) is 22.2. The molecule has 46 heavy (non-hydrogen) atoms. The molecule has 12 heteroatoms. The van der Waals surface area contributed by atoms with Gasteiger partial charge in [0.1, 0.15) is 5.82 Å². The molecular formula is C34H28F3N5O3S. The number of hydrogen-bond donors (Lipinski definition) is 1. The Balaban J connectivity index is 1.32. The highest BCUT2D eigenvalue weighted by Gasteiger charge is 2.45. The van der Waals surface area contributed by atoms with Gasteiger partial charge in [-0.15, -0.1) is 21.5 Å². The number of nitrogens with one attached hydrogen (secondary N) is 1. The quantitative estimate of drug-likeness (QED) is 0.193. The van der Waals surface area contributed by atoms with Crippen LogP contribution in [-0.4, -0.2) is 38.4 Å². The second-order valence-electron chi connectivity index (χ2n) is 11.6. The number of hydrogen-bond acceptors (Lipinski definition) is 7. The van der Waals surface area contributed by atoms with E-state index in [1.165, 1.54) is 29.5 Å². The number of fused-ring (bicyclic) bond motifs is 3. The number of nitrogens with zero attached hydrogens (tertiary/aromatic N) is 4. The summed E-state index contributed by atoms with van der Waals surface area (Å²) in [4.78, 5) is 35.1. The molecule has 5 aromatic rings. The van der Waals surface area contributed by atoms with Crippen molar-refractivity contribution >= 4 is 23.2 Å². The summed E-state index contributed by atoms with van der Waals surface area (Å²) >= 11 is 1.20. The van der Waals surface area contributed by atoms with Gasteiger partial charge in [0.2, 0.25) is 11.8 Å². The fraction of sp³-hybridized carbons (Fsp3) is 0.265. The molecule has 2 aliphatic heterocycles. The number of thiophene rings is 1. The molecule has 1 saturated heterocycles. The highest BCUT2D eigenvalue weighted by atomic mass is 32.1. The third kappa shape index (κ3) is 5.36. The first-order valence-corrected chi connectivity index (χ1v) is 15.8. The molecule has 3 aromatic heterocycles. The van der Waals surface area contributed by atoms with Crippen LogP contribution in [0.3, 0.4) is 0 Å². The predicted molar refractivity (Wildman–Crippen MR) is 165 cm³/mol. The number of carbonyl (C=O) groups is 2. The van der Waals surface area contributed by atoms with E-state index in [2.05, 4.69) is 15.5 Å². The maximum absolute atomic E-state index is 14.0. The fourth-order valence-corrected chi connectivity index (χ4v) is 7.26. The molecule has 1 fully saturated rings. The molecule has 0 aliphatic carbocycles. The summed E-state index contributed by atoms with van der Waals surface area (Å²) in [5.74, 6) is -2.33. The number of aryl methyl sites for hydroxylation is 1. The van der Waals surface area contributed by atoms with Gasteiger partial charge in [0, 0.05) is 30.5 Å². The molecular weight excluding hydrogens is 615 g/mol. The Morgan fingerprint density at radius 1 is 1.04 bits per heavy atom. The van der Waals surface area contributed by atoms with Crippen molar-refractivity contribution in [3.8, 4) is 21.9 Å². The van der Waals surface area contributed by atoms with Crippen LogP contribution in [0.1, 0.15) is 80.2 Å². The molecule has 0 spiro atoms. The van der Waals surface area contributed by atoms with Crippen molar-refractivity contribution in [2.24, 2.45) is 0 Å². The van der Waals surface area contributed by atoms with Crippen LogP contribution in [0.25, 0.3) is 21.9 Å². The molecule has 0 bridgehead atoms. The van der Waals surface area contributed by atoms with Gasteiger partial charge >= 0.3 is 0 Å². The third-order valence-corrected chi connectivity index (χ3v) is 9.64. The lowest BCUT2D eigenvalue weighted by Crippen LogP contribution is -2.23. The summed E-state index contributed by atoms with van der Waals surface area (Å²) in [5, 5.41) is 11.2. The van der Waals surface area contributed by atoms with Crippen LogP contribution in [0.5, 0.6) is 0 Å². The maximum atomic E-state index is 14.0. The van der Waals surface area contributed by atoms with Crippen LogP contribution in [0.15, 0.2) is 59.0 Å². The predicted octanol–water partition coefficient (Wildman–Crippen LogP) is 7.15. The van der Waals surface area contributed by atoms with Crippen molar-refractivity contribution in [3.05, 3.63) is 111 Å². The van der Waals surface area contributed by atoms with E-state index < -0.39 is 17.5 Å². The lowest BCUT2D eigenvalue weighted by Gasteiger charge is -2.19. The normalized spacial score (nSPS) is 16.1. The van der Waals surface area contributed by atoms with Gasteiger partial charge in [-0.1, -0.05) is 25.1 Å². The minimum atomic E-state index is -0.991. The zero-order chi connectivity index (χ0) is 32.1. The minimum Gasteiger partial charge on any atom is -0.421 e. The summed E-state index contributed by atoms with van der Waals surface area (Å²) in [6.45, 7) is 4.33. The zero-order valence-electron chi connectivity index (χ0n) is 24.9. The summed E-state index contributed by atoms with van der Waals surface area (Å²) in [5.41, 5.74) is 4.26. The highest BCUT2D eigenvalue weighted by Crippen LogP contribution is 2.49. The van der Waals surface area contributed by atoms with Gasteiger partial charge in [-0.05, 0) is 72.7 Å². The summed E-state index contributed by atoms with van der Waals surface area (Å²) in [6, 6.07) is 13.1. The largest absolute Gasteiger partial charge is 0.421 e. The zero-order valence-corrected chi connectivity index (χ0v) is 25.8. The van der Waals surface area contributed by atoms with Gasteiger partial charge < -0.3 is 14.6 Å². The molecule has 2 aliphatic rings. The first-order valence-electron chi connectivity index (χ1n) is 14.9. The van der Waals surface area contributed by atoms with Crippen LogP contribution >= 0.6 is 11.3 Å². The number of pyridine rings is 1. The van der Waals surface area contributed by atoms with E-state index in [0.29, 0.717) is 62.3 Å². The van der Waals surface area contributed by atoms with Gasteiger partial charge in [-0.25, -0.2) is 13.2 Å². The number of halogens is 3. The Bertz CT molecular complexity index is 1990. The average Bonchev–Trinajstić information content (AvgIpc) is 3.85. The molecule has 1 N–H and O–H groups in total. The molecule has 2 unspecified atom stereocenters. The standard InChI is InChI=1S/C34H28F3N5O3S/c1-17(20-6-8-21(35)9-7-20)14-24-28(33-41-40-18(2)45-33)29(30-31(39-24)25-4-3-13-42(25)34(30)44)26-11-12-27(46-26)32(43)38-16-19-5-10-22(36)23(37)15-19/h5-12,15,17,25H,3-4,13-14,16H2,1-2H3,(H,38,43). The lowest BCUT2D eigenvalue weighted by atomic mass is 9.89. The molecule has 8 nitrogen and oxygen atoms in total. The van der Waals surface area contributed by atoms with E-state index in [-0.39, 0.29) is 36.1 Å². The Kier molecular flexibility index (Phi) is 7.67. The number of amides is 2. The van der Waals surface area contributed by atoms with E-state index in [4.69, 9.17) is 9.40 Å². The Morgan fingerprint density at radius 2 is 1.85 bits per heavy atom. The van der Waals surface area contributed by atoms with Crippen molar-refractivity contribution < 1.29 is 27.2 Å². The summed E-state index contributed by atoms with van der Waals surface area (Å²) in [7, 11) is 0. The Hall–Kier alpha value is -4.84. The maximum Gasteiger partial charge on any atom is 0.261 e. The van der Waals surface area contributed by atoms with Crippen LogP contribution in [0.2, 0.25) is 0 Å². The number of aromatic nitrogens is 3. The third-order valence-electron chi connectivity index (χ3n) is 8.54. The fourth-order valence-electron chi connectivity index (χ4n) is 6.28. The average molecular weight is 644 g/mol. The summed E-state index contributed by atoms with van der Waals surface area (Å²) < 4.78 is 46.7. The van der Waals surface area contributed by atoms with E-state index in [0.717, 1.165) is 30.5 Å². The van der Waals surface area contributed by atoms with Gasteiger partial charge in [0.15, 0.2) is 11.6 Å². The minimum absolute atomic E-state index is 0.000974. The van der Waals surface area contributed by atoms with Gasteiger partial charge in [-0.2, -0.15) is 0 Å². The van der Waals surface area contributed by atoms with Crippen molar-refractivity contribution in [3.63, 3.8) is 0 Å². The second kappa shape index (κ2) is 11.8. The molecule has 2 atom stereocenters. The van der Waals surface area contributed by atoms with Crippen molar-refractivity contribution in [2.75, 3.05) is 6.54 Å². The topological polar surface area (TPSA) is 101 Å². The van der Waals surface area contributed by atoms with Crippen LogP contribution in [0, 0.1) is 24.4 Å². The molecule has 2 amide bonds. The van der Waals surface area contributed by atoms with Crippen molar-refractivity contribution in [1.82, 2.24) is 25.4 Å². The molecule has 234 valence electrons. The highest BCUT2D eigenvalue weighted by molar-refractivity contribution is 7.17. The van der Waals surface area contributed by atoms with Crippen LogP contribution in [-0.2, 0) is 13.0 Å². The van der Waals surface area contributed by atoms with Gasteiger partial charge in [0.05, 0.1) is 33.4 Å². The number of rotatable bonds is 8. The van der Waals surface area contributed by atoms with E-state index in [1.807, 2.05) is 11.8 Å². The van der Waals surface area contributed by atoms with Gasteiger partial charge in [-0.3, -0.25) is 14.6 Å². The molecule has 2 aromatic carbocycles. The summed E-state index contributed by atoms with van der Waals surface area (Å²) in [6.07, 6.45) is 2.11. The van der Waals surface area contributed by atoms with E-state index in [1.54, 1.807) is 31.2 Å². The lowest BCUT2D eigenvalue weighted by molar-refractivity contribution is 0.0776. The van der Waals surface area contributed by atoms with E-state index in [9.17, 15) is 22.8 Å². The molecule has 5 heterocycles. The number of carbonyl (C=O) groups excluding carboxylic acids is 2. The van der Waals surface area contributed by atoms with Crippen molar-refractivity contribution in [1.29, 1.82) is 0 Å².